The van der Waals surface area contributed by atoms with Crippen molar-refractivity contribution in [3.63, 3.8) is 0 Å². The number of aliphatic hydroxyl groups excluding tert-OH is 1. The van der Waals surface area contributed by atoms with E-state index in [2.05, 4.69) is 20.8 Å². The number of aliphatic hydroxyl groups is 1. The minimum atomic E-state index is -0.448. The van der Waals surface area contributed by atoms with Gasteiger partial charge in [-0.15, -0.1) is 0 Å². The molecule has 2 aliphatic heterocycles. The Morgan fingerprint density at radius 3 is 1.31 bits per heavy atom. The van der Waals surface area contributed by atoms with Crippen LogP contribution in [-0.2, 0) is 15.9 Å². The zero-order chi connectivity index (χ0) is 31.0. The third kappa shape index (κ3) is 19.8. The van der Waals surface area contributed by atoms with Crippen LogP contribution in [0.25, 0.3) is 0 Å². The molecule has 10 heteroatoms. The fourth-order valence-corrected chi connectivity index (χ4v) is 3.08. The summed E-state index contributed by atoms with van der Waals surface area (Å²) in [6.45, 7) is 12.5. The molecule has 2 aromatic rings. The van der Waals surface area contributed by atoms with Crippen LogP contribution in [0.2, 0.25) is 0 Å². The maximum atomic E-state index is 9.43. The topological polar surface area (TPSA) is 97.4 Å². The third-order valence-corrected chi connectivity index (χ3v) is 5.56. The zero-order valence-corrected chi connectivity index (χ0v) is 27.6. The molecule has 0 spiro atoms. The van der Waals surface area contributed by atoms with Gasteiger partial charge in [0, 0.05) is 55.5 Å². The number of benzene rings is 2. The van der Waals surface area contributed by atoms with E-state index in [1.807, 2.05) is 0 Å². The quantitative estimate of drug-likeness (QED) is 0.269. The van der Waals surface area contributed by atoms with Crippen LogP contribution in [0.5, 0.6) is 34.5 Å². The van der Waals surface area contributed by atoms with Crippen molar-refractivity contribution in [1.82, 2.24) is 0 Å². The van der Waals surface area contributed by atoms with Crippen molar-refractivity contribution in [2.75, 3.05) is 62.5 Å². The van der Waals surface area contributed by atoms with E-state index in [0.29, 0.717) is 29.8 Å². The number of epoxide rings is 1. The number of hydrogen-bond donors (Lipinski definition) is 1. The van der Waals surface area contributed by atoms with Crippen molar-refractivity contribution < 1.29 is 61.9 Å². The number of rotatable bonds is 9. The monoisotopic (exact) mass is 588 g/mol. The van der Waals surface area contributed by atoms with E-state index in [9.17, 15) is 5.11 Å². The Labute approximate surface area is 266 Å². The Kier molecular flexibility index (Phi) is 26.3. The Morgan fingerprint density at radius 2 is 1.12 bits per heavy atom. The summed E-state index contributed by atoms with van der Waals surface area (Å²) in [7, 11) is 9.57. The van der Waals surface area contributed by atoms with Crippen molar-refractivity contribution in [3.05, 3.63) is 42.8 Å². The first-order valence-electron chi connectivity index (χ1n) is 14.0. The van der Waals surface area contributed by atoms with Crippen LogP contribution in [0.15, 0.2) is 30.3 Å². The van der Waals surface area contributed by atoms with Crippen LogP contribution in [-0.4, -0.2) is 79.8 Å². The first-order valence-corrected chi connectivity index (χ1v) is 14.0. The summed E-state index contributed by atoms with van der Waals surface area (Å²) in [6, 6.07) is 8.94. The average molecular weight is 589 g/mol. The van der Waals surface area contributed by atoms with E-state index in [1.54, 1.807) is 79.9 Å². The second kappa shape index (κ2) is 26.4. The Morgan fingerprint density at radius 1 is 0.786 bits per heavy atom. The van der Waals surface area contributed by atoms with E-state index in [1.165, 1.54) is 19.3 Å². The number of hydrogen-bond acceptors (Lipinski definition) is 9. The minimum Gasteiger partial charge on any atom is -0.496 e. The SMILES string of the molecule is C1CCOC1.CC1CO1.COc1cc(OC)c(CC(C)O)c(OC)c1.COc1cc(OC)cc(OC)c1.[CH2-]CCC.[Li+]. The second-order valence-electron chi connectivity index (χ2n) is 9.13. The molecule has 2 aliphatic rings. The molecular formula is C32H53LiO9. The van der Waals surface area contributed by atoms with Crippen molar-refractivity contribution in [2.45, 2.75) is 65.1 Å². The number of unbranched alkanes of at least 4 members (excludes halogenated alkanes) is 1. The molecule has 2 aromatic carbocycles. The smallest absolute Gasteiger partial charge is 0.496 e. The first kappa shape index (κ1) is 41.9. The molecule has 0 aromatic heterocycles. The molecule has 2 saturated heterocycles. The molecule has 0 radical (unpaired) electrons. The van der Waals surface area contributed by atoms with Crippen LogP contribution in [0.4, 0.5) is 0 Å². The van der Waals surface area contributed by atoms with Crippen LogP contribution in [0, 0.1) is 6.92 Å². The van der Waals surface area contributed by atoms with E-state index in [-0.39, 0.29) is 18.9 Å². The summed E-state index contributed by atoms with van der Waals surface area (Å²) in [6.07, 6.45) is 5.45. The average Bonchev–Trinajstić information content (AvgIpc) is 3.54. The summed E-state index contributed by atoms with van der Waals surface area (Å²) >= 11 is 0. The molecule has 42 heavy (non-hydrogen) atoms. The van der Waals surface area contributed by atoms with Gasteiger partial charge in [-0.3, -0.25) is 0 Å². The molecule has 2 fully saturated rings. The summed E-state index contributed by atoms with van der Waals surface area (Å²) in [5.74, 6) is 4.18. The van der Waals surface area contributed by atoms with Gasteiger partial charge >= 0.3 is 18.9 Å². The van der Waals surface area contributed by atoms with Gasteiger partial charge < -0.3 is 49.9 Å². The normalized spacial score (nSPS) is 14.6. The number of methoxy groups -OCH3 is 6. The molecule has 2 heterocycles. The predicted molar refractivity (Wildman–Crippen MR) is 163 cm³/mol. The summed E-state index contributed by atoms with van der Waals surface area (Å²) in [4.78, 5) is 0. The van der Waals surface area contributed by atoms with Crippen molar-refractivity contribution in [1.29, 1.82) is 0 Å². The van der Waals surface area contributed by atoms with Crippen LogP contribution < -0.4 is 47.3 Å². The van der Waals surface area contributed by atoms with Crippen molar-refractivity contribution >= 4 is 0 Å². The van der Waals surface area contributed by atoms with Crippen molar-refractivity contribution in [2.24, 2.45) is 0 Å². The summed E-state index contributed by atoms with van der Waals surface area (Å²) < 4.78 is 40.4. The van der Waals surface area contributed by atoms with Gasteiger partial charge in [-0.1, -0.05) is 13.3 Å². The maximum absolute atomic E-state index is 9.43. The van der Waals surface area contributed by atoms with Gasteiger partial charge in [-0.2, -0.15) is 6.42 Å². The molecule has 1 N–H and O–H groups in total. The largest absolute Gasteiger partial charge is 1.00 e. The predicted octanol–water partition coefficient (Wildman–Crippen LogP) is 3.17. The van der Waals surface area contributed by atoms with Gasteiger partial charge in [-0.25, -0.2) is 0 Å². The van der Waals surface area contributed by atoms with Crippen molar-refractivity contribution in [3.8, 4) is 34.5 Å². The summed E-state index contributed by atoms with van der Waals surface area (Å²) in [5, 5.41) is 9.43. The standard InChI is InChI=1S/C12H18O4.C9H12O3.C4H8O.C4H9.C3H6O.Li/c1-8(13)5-10-11(15-3)6-9(14-2)7-12(10)16-4;1-10-7-4-8(11-2)6-9(5-7)12-3;1-2-4-5-3-1;1-3-4-2;1-3-2-4-3;/h6-8,13H,5H2,1-4H3;4-6H,1-3H3;1-4H2;1,3-4H2,2H3;3H,2H2,1H3;/q;;;-1;;+1. The van der Waals surface area contributed by atoms with Gasteiger partial charge in [0.15, 0.2) is 0 Å². The Bertz CT molecular complexity index is 827. The van der Waals surface area contributed by atoms with E-state index >= 15 is 0 Å². The van der Waals surface area contributed by atoms with Crippen LogP contribution >= 0.6 is 0 Å². The molecule has 9 nitrogen and oxygen atoms in total. The van der Waals surface area contributed by atoms with Gasteiger partial charge in [0.05, 0.1) is 61.5 Å². The maximum Gasteiger partial charge on any atom is 1.00 e. The van der Waals surface area contributed by atoms with Gasteiger partial charge in [0.25, 0.3) is 0 Å². The van der Waals surface area contributed by atoms with Crippen LogP contribution in [0.3, 0.4) is 0 Å². The van der Waals surface area contributed by atoms with Gasteiger partial charge in [0.1, 0.15) is 34.5 Å². The minimum absolute atomic E-state index is 0. The molecule has 4 rings (SSSR count). The molecule has 0 amide bonds. The zero-order valence-electron chi connectivity index (χ0n) is 27.6. The second-order valence-corrected chi connectivity index (χ2v) is 9.13. The first-order chi connectivity index (χ1) is 19.7. The Balaban J connectivity index is 0. The Hall–Kier alpha value is -2.28. The molecule has 2 unspecified atom stereocenters. The molecule has 0 aliphatic carbocycles. The fourth-order valence-electron chi connectivity index (χ4n) is 3.08. The molecule has 236 valence electrons. The molecule has 0 saturated carbocycles. The fraction of sp³-hybridized carbons (Fsp3) is 0.594. The molecular weight excluding hydrogens is 535 g/mol. The van der Waals surface area contributed by atoms with Gasteiger partial charge in [0.2, 0.25) is 0 Å². The van der Waals surface area contributed by atoms with E-state index < -0.39 is 6.10 Å². The molecule has 0 bridgehead atoms. The number of ether oxygens (including phenoxy) is 8. The third-order valence-electron chi connectivity index (χ3n) is 5.56. The van der Waals surface area contributed by atoms with Crippen LogP contribution in [0.1, 0.15) is 52.0 Å². The summed E-state index contributed by atoms with van der Waals surface area (Å²) in [5.41, 5.74) is 0.848. The van der Waals surface area contributed by atoms with Gasteiger partial charge in [-0.05, 0) is 26.7 Å². The van der Waals surface area contributed by atoms with E-state index in [4.69, 9.17) is 37.9 Å². The van der Waals surface area contributed by atoms with E-state index in [0.717, 1.165) is 49.1 Å². The molecule has 2 atom stereocenters.